The Labute approximate surface area is 124 Å². The van der Waals surface area contributed by atoms with Crippen molar-refractivity contribution in [3.8, 4) is 11.8 Å². The molecule has 1 aliphatic rings. The standard InChI is InChI=1S/C16H19N3O2/c1-18-11-14(13-9-12(20-2)3-4-15(13)18)16(10-17)19-5-7-21-8-6-19/h3-4,9,11,16H,5-8H2,1-2H3. The largest absolute Gasteiger partial charge is 0.497 e. The van der Waals surface area contributed by atoms with Crippen molar-refractivity contribution in [3.05, 3.63) is 30.0 Å². The van der Waals surface area contributed by atoms with E-state index in [1.54, 1.807) is 7.11 Å². The van der Waals surface area contributed by atoms with Gasteiger partial charge in [0.05, 0.1) is 26.4 Å². The second kappa shape index (κ2) is 5.76. The lowest BCUT2D eigenvalue weighted by Gasteiger charge is -2.30. The highest BCUT2D eigenvalue weighted by atomic mass is 16.5. The summed E-state index contributed by atoms with van der Waals surface area (Å²) >= 11 is 0. The van der Waals surface area contributed by atoms with Crippen LogP contribution in [-0.4, -0.2) is 42.9 Å². The monoisotopic (exact) mass is 285 g/mol. The molecule has 1 fully saturated rings. The van der Waals surface area contributed by atoms with Gasteiger partial charge in [-0.3, -0.25) is 4.90 Å². The molecule has 1 aliphatic heterocycles. The fraction of sp³-hybridized carbons (Fsp3) is 0.438. The van der Waals surface area contributed by atoms with Crippen molar-refractivity contribution in [2.24, 2.45) is 7.05 Å². The topological polar surface area (TPSA) is 50.4 Å². The van der Waals surface area contributed by atoms with Crippen LogP contribution < -0.4 is 4.74 Å². The molecular formula is C16H19N3O2. The number of fused-ring (bicyclic) bond motifs is 1. The highest BCUT2D eigenvalue weighted by Crippen LogP contribution is 2.32. The van der Waals surface area contributed by atoms with Crippen LogP contribution in [-0.2, 0) is 11.8 Å². The molecule has 1 aromatic heterocycles. The number of aromatic nitrogens is 1. The lowest BCUT2D eigenvalue weighted by Crippen LogP contribution is -2.38. The number of benzene rings is 1. The van der Waals surface area contributed by atoms with Gasteiger partial charge in [0.2, 0.25) is 0 Å². The van der Waals surface area contributed by atoms with E-state index in [-0.39, 0.29) is 6.04 Å². The van der Waals surface area contributed by atoms with Gasteiger partial charge >= 0.3 is 0 Å². The summed E-state index contributed by atoms with van der Waals surface area (Å²) in [5.41, 5.74) is 2.15. The summed E-state index contributed by atoms with van der Waals surface area (Å²) in [6.45, 7) is 2.95. The molecule has 110 valence electrons. The van der Waals surface area contributed by atoms with Crippen LogP contribution >= 0.6 is 0 Å². The number of rotatable bonds is 3. The Balaban J connectivity index is 2.07. The summed E-state index contributed by atoms with van der Waals surface area (Å²) in [4.78, 5) is 2.18. The molecule has 0 bridgehead atoms. The van der Waals surface area contributed by atoms with Gasteiger partial charge in [0.15, 0.2) is 0 Å². The molecule has 0 aliphatic carbocycles. The summed E-state index contributed by atoms with van der Waals surface area (Å²) in [7, 11) is 3.67. The van der Waals surface area contributed by atoms with E-state index >= 15 is 0 Å². The average Bonchev–Trinajstić information content (AvgIpc) is 2.86. The van der Waals surface area contributed by atoms with Crippen molar-refractivity contribution in [3.63, 3.8) is 0 Å². The quantitative estimate of drug-likeness (QED) is 0.866. The van der Waals surface area contributed by atoms with Crippen LogP contribution in [0.1, 0.15) is 11.6 Å². The van der Waals surface area contributed by atoms with Gasteiger partial charge in [0.1, 0.15) is 11.8 Å². The van der Waals surface area contributed by atoms with E-state index in [1.807, 2.05) is 31.4 Å². The number of ether oxygens (including phenoxy) is 2. The van der Waals surface area contributed by atoms with E-state index in [1.165, 1.54) is 0 Å². The second-order valence-corrected chi connectivity index (χ2v) is 5.26. The highest BCUT2D eigenvalue weighted by Gasteiger charge is 2.25. The molecule has 0 N–H and O–H groups in total. The Bertz CT molecular complexity index is 681. The van der Waals surface area contributed by atoms with Crippen LogP contribution in [0, 0.1) is 11.3 Å². The van der Waals surface area contributed by atoms with Crippen LogP contribution in [0.2, 0.25) is 0 Å². The molecule has 1 unspecified atom stereocenters. The average molecular weight is 285 g/mol. The third-order valence-corrected chi connectivity index (χ3v) is 4.06. The van der Waals surface area contributed by atoms with Crippen LogP contribution in [0.15, 0.2) is 24.4 Å². The Morgan fingerprint density at radius 2 is 2.10 bits per heavy atom. The van der Waals surface area contributed by atoms with Gasteiger partial charge in [-0.25, -0.2) is 0 Å². The van der Waals surface area contributed by atoms with E-state index in [9.17, 15) is 5.26 Å². The fourth-order valence-corrected chi connectivity index (χ4v) is 2.93. The van der Waals surface area contributed by atoms with Crippen molar-refractivity contribution in [1.82, 2.24) is 9.47 Å². The number of aryl methyl sites for hydroxylation is 1. The molecular weight excluding hydrogens is 266 g/mol. The van der Waals surface area contributed by atoms with Gasteiger partial charge in [-0.05, 0) is 18.2 Å². The first-order valence-corrected chi connectivity index (χ1v) is 7.09. The van der Waals surface area contributed by atoms with Crippen molar-refractivity contribution in [1.29, 1.82) is 5.26 Å². The molecule has 3 rings (SSSR count). The number of nitriles is 1. The Morgan fingerprint density at radius 1 is 1.33 bits per heavy atom. The third-order valence-electron chi connectivity index (χ3n) is 4.06. The lowest BCUT2D eigenvalue weighted by molar-refractivity contribution is 0.0268. The van der Waals surface area contributed by atoms with Crippen LogP contribution in [0.5, 0.6) is 5.75 Å². The predicted octanol–water partition coefficient (Wildman–Crippen LogP) is 2.08. The van der Waals surface area contributed by atoms with Crippen molar-refractivity contribution < 1.29 is 9.47 Å². The van der Waals surface area contributed by atoms with Gasteiger partial charge in [0, 0.05) is 42.8 Å². The Kier molecular flexibility index (Phi) is 3.82. The van der Waals surface area contributed by atoms with Gasteiger partial charge in [-0.15, -0.1) is 0 Å². The predicted molar refractivity (Wildman–Crippen MR) is 80.2 cm³/mol. The SMILES string of the molecule is COc1ccc2c(c1)c(C(C#N)N1CCOCC1)cn2C. The van der Waals surface area contributed by atoms with E-state index in [0.29, 0.717) is 13.2 Å². The van der Waals surface area contributed by atoms with E-state index in [4.69, 9.17) is 9.47 Å². The van der Waals surface area contributed by atoms with Crippen LogP contribution in [0.3, 0.4) is 0 Å². The smallest absolute Gasteiger partial charge is 0.126 e. The van der Waals surface area contributed by atoms with Gasteiger partial charge in [-0.1, -0.05) is 0 Å². The first kappa shape index (κ1) is 13.9. The number of methoxy groups -OCH3 is 1. The molecule has 21 heavy (non-hydrogen) atoms. The summed E-state index contributed by atoms with van der Waals surface area (Å²) < 4.78 is 12.8. The molecule has 2 aromatic rings. The van der Waals surface area contributed by atoms with Gasteiger partial charge in [-0.2, -0.15) is 5.26 Å². The number of hydrogen-bond acceptors (Lipinski definition) is 4. The molecule has 1 saturated heterocycles. The number of nitrogens with zero attached hydrogens (tertiary/aromatic N) is 3. The van der Waals surface area contributed by atoms with Crippen molar-refractivity contribution >= 4 is 10.9 Å². The number of hydrogen-bond donors (Lipinski definition) is 0. The third kappa shape index (κ3) is 2.48. The van der Waals surface area contributed by atoms with Crippen LogP contribution in [0.25, 0.3) is 10.9 Å². The zero-order valence-electron chi connectivity index (χ0n) is 12.4. The lowest BCUT2D eigenvalue weighted by atomic mass is 10.0. The number of morpholine rings is 1. The molecule has 2 heterocycles. The van der Waals surface area contributed by atoms with Crippen molar-refractivity contribution in [2.45, 2.75) is 6.04 Å². The normalized spacial score (nSPS) is 17.6. The summed E-state index contributed by atoms with van der Waals surface area (Å²) in [6.07, 6.45) is 2.05. The first-order valence-electron chi connectivity index (χ1n) is 7.09. The molecule has 1 aromatic carbocycles. The molecule has 0 spiro atoms. The highest BCUT2D eigenvalue weighted by molar-refractivity contribution is 5.86. The molecule has 0 amide bonds. The molecule has 5 heteroatoms. The Hall–Kier alpha value is -2.03. The maximum absolute atomic E-state index is 9.65. The second-order valence-electron chi connectivity index (χ2n) is 5.26. The van der Waals surface area contributed by atoms with E-state index < -0.39 is 0 Å². The summed E-state index contributed by atoms with van der Waals surface area (Å²) in [6, 6.07) is 8.19. The molecule has 0 radical (unpaired) electrons. The van der Waals surface area contributed by atoms with Crippen molar-refractivity contribution in [2.75, 3.05) is 33.4 Å². The van der Waals surface area contributed by atoms with Gasteiger partial charge < -0.3 is 14.0 Å². The molecule has 1 atom stereocenters. The maximum atomic E-state index is 9.65. The fourth-order valence-electron chi connectivity index (χ4n) is 2.93. The van der Waals surface area contributed by atoms with Gasteiger partial charge in [0.25, 0.3) is 0 Å². The minimum atomic E-state index is -0.246. The first-order chi connectivity index (χ1) is 10.2. The van der Waals surface area contributed by atoms with Crippen LogP contribution in [0.4, 0.5) is 0 Å². The van der Waals surface area contributed by atoms with E-state index in [0.717, 1.165) is 35.3 Å². The summed E-state index contributed by atoms with van der Waals surface area (Å²) in [5.74, 6) is 0.814. The van der Waals surface area contributed by atoms with E-state index in [2.05, 4.69) is 15.5 Å². The zero-order chi connectivity index (χ0) is 14.8. The maximum Gasteiger partial charge on any atom is 0.126 e. The summed E-state index contributed by atoms with van der Waals surface area (Å²) in [5, 5.41) is 10.7. The minimum Gasteiger partial charge on any atom is -0.497 e. The molecule has 5 nitrogen and oxygen atoms in total. The molecule has 0 saturated carbocycles. The zero-order valence-corrected chi connectivity index (χ0v) is 12.4. The Morgan fingerprint density at radius 3 is 2.76 bits per heavy atom. The minimum absolute atomic E-state index is 0.246.